The normalized spacial score (nSPS) is 25.0. The molecule has 21 heavy (non-hydrogen) atoms. The minimum Gasteiger partial charge on any atom is -0.272 e. The Kier molecular flexibility index (Phi) is 3.72. The highest BCUT2D eigenvalue weighted by atomic mass is 35.5. The van der Waals surface area contributed by atoms with Gasteiger partial charge in [-0.1, -0.05) is 31.5 Å². The first kappa shape index (κ1) is 16.1. The molecule has 0 spiro atoms. The van der Waals surface area contributed by atoms with Gasteiger partial charge in [0.2, 0.25) is 0 Å². The van der Waals surface area contributed by atoms with Gasteiger partial charge in [-0.2, -0.15) is 18.3 Å². The summed E-state index contributed by atoms with van der Waals surface area (Å²) in [5.74, 6) is -1.38. The lowest BCUT2D eigenvalue weighted by Gasteiger charge is -2.04. The second-order valence-electron chi connectivity index (χ2n) is 6.01. The largest absolute Gasteiger partial charge is 0.426 e. The Labute approximate surface area is 125 Å². The first-order valence-corrected chi connectivity index (χ1v) is 6.86. The number of alkyl halides is 3. The van der Waals surface area contributed by atoms with Gasteiger partial charge in [-0.3, -0.25) is 4.79 Å². The maximum atomic E-state index is 12.5. The number of aryl methyl sites for hydroxylation is 2. The molecule has 0 N–H and O–H groups in total. The number of halogens is 4. The first-order chi connectivity index (χ1) is 9.46. The van der Waals surface area contributed by atoms with Crippen LogP contribution >= 0.6 is 11.6 Å². The minimum absolute atomic E-state index is 0.293. The van der Waals surface area contributed by atoms with Crippen LogP contribution in [0.2, 0.25) is 0 Å². The van der Waals surface area contributed by atoms with Crippen LogP contribution in [0.3, 0.4) is 0 Å². The van der Waals surface area contributed by atoms with Crippen LogP contribution in [0.1, 0.15) is 30.0 Å². The van der Waals surface area contributed by atoms with E-state index in [1.165, 1.54) is 4.68 Å². The zero-order chi connectivity index (χ0) is 16.2. The van der Waals surface area contributed by atoms with E-state index < -0.39 is 28.5 Å². The summed E-state index contributed by atoms with van der Waals surface area (Å²) in [5.41, 5.74) is 0.805. The third-order valence-corrected chi connectivity index (χ3v) is 4.33. The lowest BCUT2D eigenvalue weighted by atomic mass is 10.1. The van der Waals surface area contributed by atoms with Gasteiger partial charge < -0.3 is 0 Å². The van der Waals surface area contributed by atoms with Crippen LogP contribution in [0.4, 0.5) is 13.2 Å². The molecule has 3 nitrogen and oxygen atoms in total. The summed E-state index contributed by atoms with van der Waals surface area (Å²) in [7, 11) is 0. The second kappa shape index (κ2) is 4.87. The Balaban J connectivity index is 2.26. The highest BCUT2D eigenvalue weighted by Gasteiger charge is 2.61. The number of carbonyl (C=O) groups is 1. The minimum atomic E-state index is -4.58. The fourth-order valence-corrected chi connectivity index (χ4v) is 2.83. The molecule has 1 aromatic heterocycles. The molecule has 1 aromatic rings. The van der Waals surface area contributed by atoms with Gasteiger partial charge in [0.1, 0.15) is 5.03 Å². The van der Waals surface area contributed by atoms with Gasteiger partial charge in [0.15, 0.2) is 0 Å². The first-order valence-electron chi connectivity index (χ1n) is 6.48. The summed E-state index contributed by atoms with van der Waals surface area (Å²) in [6.45, 7) is 7.00. The summed E-state index contributed by atoms with van der Waals surface area (Å²) in [4.78, 5) is 12.4. The quantitative estimate of drug-likeness (QED) is 0.822. The fraction of sp³-hybridized carbons (Fsp3) is 0.571. The Morgan fingerprint density at radius 3 is 2.43 bits per heavy atom. The molecule has 1 aliphatic rings. The molecule has 0 amide bonds. The second-order valence-corrected chi connectivity index (χ2v) is 6.42. The number of hydrogen-bond donors (Lipinski definition) is 0. The van der Waals surface area contributed by atoms with E-state index in [1.807, 2.05) is 0 Å². The van der Waals surface area contributed by atoms with Gasteiger partial charge in [-0.15, -0.1) is 0 Å². The number of hydrogen-bond acceptors (Lipinski definition) is 2. The van der Waals surface area contributed by atoms with Crippen molar-refractivity contribution in [2.75, 3.05) is 0 Å². The van der Waals surface area contributed by atoms with E-state index in [1.54, 1.807) is 33.8 Å². The van der Waals surface area contributed by atoms with Crippen LogP contribution in [-0.4, -0.2) is 21.9 Å². The predicted octanol–water partition coefficient (Wildman–Crippen LogP) is 4.10. The molecule has 116 valence electrons. The lowest BCUT2D eigenvalue weighted by molar-refractivity contribution is -0.0848. The van der Waals surface area contributed by atoms with Crippen LogP contribution in [0.15, 0.2) is 17.2 Å². The summed E-state index contributed by atoms with van der Waals surface area (Å²) < 4.78 is 38.8. The van der Waals surface area contributed by atoms with E-state index in [-0.39, 0.29) is 5.91 Å². The Morgan fingerprint density at radius 1 is 1.43 bits per heavy atom. The fourth-order valence-electron chi connectivity index (χ4n) is 2.70. The van der Waals surface area contributed by atoms with Crippen LogP contribution in [-0.2, 0) is 0 Å². The zero-order valence-corrected chi connectivity index (χ0v) is 12.9. The molecule has 2 rings (SSSR count). The summed E-state index contributed by atoms with van der Waals surface area (Å²) >= 11 is 5.27. The van der Waals surface area contributed by atoms with Crippen LogP contribution in [0.25, 0.3) is 0 Å². The number of aromatic nitrogens is 2. The molecule has 0 radical (unpaired) electrons. The van der Waals surface area contributed by atoms with E-state index in [4.69, 9.17) is 11.6 Å². The van der Waals surface area contributed by atoms with Crippen LogP contribution in [0.5, 0.6) is 0 Å². The summed E-state index contributed by atoms with van der Waals surface area (Å²) in [5, 5.41) is 2.91. The van der Waals surface area contributed by atoms with Crippen LogP contribution in [0, 0.1) is 31.1 Å². The highest BCUT2D eigenvalue weighted by molar-refractivity contribution is 6.30. The Morgan fingerprint density at radius 2 is 2.00 bits per heavy atom. The van der Waals surface area contributed by atoms with Crippen LogP contribution < -0.4 is 0 Å². The molecule has 2 atom stereocenters. The van der Waals surface area contributed by atoms with E-state index in [0.717, 1.165) is 6.08 Å². The lowest BCUT2D eigenvalue weighted by Crippen LogP contribution is -2.18. The van der Waals surface area contributed by atoms with Gasteiger partial charge in [0.05, 0.1) is 11.6 Å². The molecule has 1 heterocycles. The molecule has 7 heteroatoms. The van der Waals surface area contributed by atoms with E-state index in [0.29, 0.717) is 11.4 Å². The maximum absolute atomic E-state index is 12.5. The van der Waals surface area contributed by atoms with Crippen molar-refractivity contribution >= 4 is 17.5 Å². The van der Waals surface area contributed by atoms with E-state index in [9.17, 15) is 18.0 Å². The van der Waals surface area contributed by atoms with Gasteiger partial charge in [-0.05, 0) is 31.2 Å². The van der Waals surface area contributed by atoms with Crippen molar-refractivity contribution in [2.45, 2.75) is 33.9 Å². The Hall–Kier alpha value is -1.30. The smallest absolute Gasteiger partial charge is 0.272 e. The van der Waals surface area contributed by atoms with Crippen molar-refractivity contribution < 1.29 is 18.0 Å². The number of carbonyl (C=O) groups excluding carboxylic acids is 1. The molecular weight excluding hydrogens is 305 g/mol. The third-order valence-electron chi connectivity index (χ3n) is 3.99. The van der Waals surface area contributed by atoms with Crippen molar-refractivity contribution in [3.8, 4) is 0 Å². The van der Waals surface area contributed by atoms with Crippen molar-refractivity contribution in [1.82, 2.24) is 9.78 Å². The van der Waals surface area contributed by atoms with Gasteiger partial charge >= 0.3 is 6.18 Å². The predicted molar refractivity (Wildman–Crippen MR) is 73.1 cm³/mol. The molecule has 0 aromatic carbocycles. The van der Waals surface area contributed by atoms with Crippen molar-refractivity contribution in [3.05, 3.63) is 28.6 Å². The third kappa shape index (κ3) is 2.86. The molecule has 1 aliphatic carbocycles. The van der Waals surface area contributed by atoms with E-state index in [2.05, 4.69) is 5.10 Å². The average molecular weight is 321 g/mol. The maximum Gasteiger partial charge on any atom is 0.426 e. The topological polar surface area (TPSA) is 34.9 Å². The zero-order valence-electron chi connectivity index (χ0n) is 12.1. The summed E-state index contributed by atoms with van der Waals surface area (Å²) in [6, 6.07) is 1.75. The van der Waals surface area contributed by atoms with Gasteiger partial charge in [-0.25, -0.2) is 4.68 Å². The number of nitrogens with zero attached hydrogens (tertiary/aromatic N) is 2. The molecular formula is C14H16ClF3N2O. The molecule has 1 fully saturated rings. The molecule has 1 saturated carbocycles. The Bertz CT molecular complexity index is 616. The SMILES string of the molecule is Cc1cc(C)n(C(=O)C2C(/C=C(/Cl)C(F)(F)F)C2(C)C)n1. The summed E-state index contributed by atoms with van der Waals surface area (Å²) in [6.07, 6.45) is -3.64. The van der Waals surface area contributed by atoms with Crippen molar-refractivity contribution in [2.24, 2.45) is 17.3 Å². The highest BCUT2D eigenvalue weighted by Crippen LogP contribution is 2.60. The van der Waals surface area contributed by atoms with Crippen molar-refractivity contribution in [3.63, 3.8) is 0 Å². The van der Waals surface area contributed by atoms with Crippen molar-refractivity contribution in [1.29, 1.82) is 0 Å². The molecule has 0 aliphatic heterocycles. The van der Waals surface area contributed by atoms with Gasteiger partial charge in [0.25, 0.3) is 5.91 Å². The average Bonchev–Trinajstić information content (AvgIpc) is 2.67. The monoisotopic (exact) mass is 320 g/mol. The number of allylic oxidation sites excluding steroid dienone is 2. The molecule has 2 unspecified atom stereocenters. The molecule has 0 saturated heterocycles. The van der Waals surface area contributed by atoms with E-state index >= 15 is 0 Å². The standard InChI is InChI=1S/C14H16ClF3N2O/c1-7-5-8(2)20(19-7)12(21)11-9(13(11,3)4)6-10(15)14(16,17)18/h5-6,9,11H,1-4H3/b10-6+. The number of rotatable bonds is 2. The molecule has 0 bridgehead atoms. The van der Waals surface area contributed by atoms with Gasteiger partial charge in [0, 0.05) is 5.69 Å².